The first-order valence-corrected chi connectivity index (χ1v) is 7.18. The highest BCUT2D eigenvalue weighted by Crippen LogP contribution is 2.31. The molecule has 0 fully saturated rings. The van der Waals surface area contributed by atoms with Gasteiger partial charge in [0, 0.05) is 17.1 Å². The van der Waals surface area contributed by atoms with E-state index in [1.807, 2.05) is 30.3 Å². The van der Waals surface area contributed by atoms with Crippen LogP contribution in [0.1, 0.15) is 21.6 Å². The summed E-state index contributed by atoms with van der Waals surface area (Å²) in [7, 11) is 0. The molecule has 3 rings (SSSR count). The molecular weight excluding hydrogens is 298 g/mol. The Bertz CT molecular complexity index is 906. The Morgan fingerprint density at radius 1 is 1.23 bits per heavy atom. The van der Waals surface area contributed by atoms with Crippen LogP contribution in [0.4, 0.5) is 0 Å². The molecule has 110 valence electrons. The quantitative estimate of drug-likeness (QED) is 0.785. The second-order valence-corrected chi connectivity index (χ2v) is 5.51. The lowest BCUT2D eigenvalue weighted by molar-refractivity contribution is 0.0999. The van der Waals surface area contributed by atoms with Gasteiger partial charge in [0.15, 0.2) is 0 Å². The molecule has 3 aromatic rings. The molecule has 1 amide bonds. The molecule has 0 saturated heterocycles. The van der Waals surface area contributed by atoms with Gasteiger partial charge >= 0.3 is 0 Å². The van der Waals surface area contributed by atoms with E-state index >= 15 is 0 Å². The van der Waals surface area contributed by atoms with Gasteiger partial charge in [0.05, 0.1) is 27.5 Å². The highest BCUT2D eigenvalue weighted by molar-refractivity contribution is 6.34. The van der Waals surface area contributed by atoms with Crippen LogP contribution >= 0.6 is 11.6 Å². The summed E-state index contributed by atoms with van der Waals surface area (Å²) in [5, 5.41) is 1.32. The van der Waals surface area contributed by atoms with Gasteiger partial charge in [0.2, 0.25) is 0 Å². The van der Waals surface area contributed by atoms with Crippen molar-refractivity contribution < 1.29 is 4.79 Å². The smallest absolute Gasteiger partial charge is 0.250 e. The number of hydrogen-bond donors (Lipinski definition) is 1. The van der Waals surface area contributed by atoms with Crippen LogP contribution in [-0.4, -0.2) is 15.9 Å². The standard InChI is InChI=1S/C17H14ClN3O/c1-9-14(17(19)22)15(18)10(2)21-16(9)12-5-6-13-11(8-12)4-3-7-20-13/h3-8H,1-2H3,(H2,19,22). The van der Waals surface area contributed by atoms with E-state index in [2.05, 4.69) is 9.97 Å². The number of nitrogens with two attached hydrogens (primary N) is 1. The number of fused-ring (bicyclic) bond motifs is 1. The molecule has 0 atom stereocenters. The van der Waals surface area contributed by atoms with Crippen molar-refractivity contribution in [2.45, 2.75) is 13.8 Å². The molecule has 0 radical (unpaired) electrons. The minimum absolute atomic E-state index is 0.316. The van der Waals surface area contributed by atoms with Crippen molar-refractivity contribution in [2.24, 2.45) is 5.73 Å². The van der Waals surface area contributed by atoms with E-state index in [1.165, 1.54) is 0 Å². The van der Waals surface area contributed by atoms with Crippen molar-refractivity contribution in [3.05, 3.63) is 58.4 Å². The zero-order valence-corrected chi connectivity index (χ0v) is 13.0. The average molecular weight is 312 g/mol. The minimum atomic E-state index is -0.545. The largest absolute Gasteiger partial charge is 0.366 e. The van der Waals surface area contributed by atoms with Crippen LogP contribution in [0.25, 0.3) is 22.2 Å². The van der Waals surface area contributed by atoms with E-state index in [4.69, 9.17) is 17.3 Å². The van der Waals surface area contributed by atoms with Crippen LogP contribution in [0.15, 0.2) is 36.5 Å². The first kappa shape index (κ1) is 14.5. The number of benzene rings is 1. The van der Waals surface area contributed by atoms with Gasteiger partial charge in [-0.2, -0.15) is 0 Å². The second-order valence-electron chi connectivity index (χ2n) is 5.13. The van der Waals surface area contributed by atoms with E-state index < -0.39 is 5.91 Å². The average Bonchev–Trinajstić information content (AvgIpc) is 2.50. The van der Waals surface area contributed by atoms with Gasteiger partial charge < -0.3 is 5.73 Å². The summed E-state index contributed by atoms with van der Waals surface area (Å²) in [4.78, 5) is 20.5. The van der Waals surface area contributed by atoms with Crippen LogP contribution in [0, 0.1) is 13.8 Å². The van der Waals surface area contributed by atoms with Crippen LogP contribution in [0.3, 0.4) is 0 Å². The van der Waals surface area contributed by atoms with Crippen molar-refractivity contribution in [2.75, 3.05) is 0 Å². The van der Waals surface area contributed by atoms with Crippen molar-refractivity contribution in [3.63, 3.8) is 0 Å². The summed E-state index contributed by atoms with van der Waals surface area (Å²) in [6, 6.07) is 9.73. The van der Waals surface area contributed by atoms with Gasteiger partial charge in [0.25, 0.3) is 5.91 Å². The van der Waals surface area contributed by atoms with Crippen molar-refractivity contribution in [1.29, 1.82) is 0 Å². The highest BCUT2D eigenvalue weighted by atomic mass is 35.5. The van der Waals surface area contributed by atoms with Gasteiger partial charge in [-0.3, -0.25) is 14.8 Å². The fourth-order valence-electron chi connectivity index (χ4n) is 2.56. The topological polar surface area (TPSA) is 68.9 Å². The minimum Gasteiger partial charge on any atom is -0.366 e. The molecule has 1 aromatic carbocycles. The fourth-order valence-corrected chi connectivity index (χ4v) is 2.84. The number of aryl methyl sites for hydroxylation is 1. The monoisotopic (exact) mass is 311 g/mol. The van der Waals surface area contributed by atoms with Crippen molar-refractivity contribution in [3.8, 4) is 11.3 Å². The van der Waals surface area contributed by atoms with Crippen LogP contribution in [0.5, 0.6) is 0 Å². The summed E-state index contributed by atoms with van der Waals surface area (Å²) in [6.45, 7) is 3.57. The molecule has 0 bridgehead atoms. The highest BCUT2D eigenvalue weighted by Gasteiger charge is 2.18. The molecule has 22 heavy (non-hydrogen) atoms. The van der Waals surface area contributed by atoms with Crippen LogP contribution in [-0.2, 0) is 0 Å². The Morgan fingerprint density at radius 2 is 2.00 bits per heavy atom. The molecule has 2 aromatic heterocycles. The lowest BCUT2D eigenvalue weighted by atomic mass is 9.99. The summed E-state index contributed by atoms with van der Waals surface area (Å²) in [6.07, 6.45) is 1.75. The first-order valence-electron chi connectivity index (χ1n) is 6.80. The third kappa shape index (κ3) is 2.31. The maximum Gasteiger partial charge on any atom is 0.250 e. The number of hydrogen-bond acceptors (Lipinski definition) is 3. The van der Waals surface area contributed by atoms with Crippen molar-refractivity contribution >= 4 is 28.4 Å². The van der Waals surface area contributed by atoms with E-state index in [1.54, 1.807) is 20.0 Å². The third-order valence-electron chi connectivity index (χ3n) is 3.67. The molecule has 0 unspecified atom stereocenters. The first-order chi connectivity index (χ1) is 10.5. The maximum absolute atomic E-state index is 11.7. The summed E-state index contributed by atoms with van der Waals surface area (Å²) in [5.74, 6) is -0.545. The molecule has 0 aliphatic heterocycles. The van der Waals surface area contributed by atoms with Gasteiger partial charge in [-0.05, 0) is 37.6 Å². The molecule has 0 aliphatic carbocycles. The van der Waals surface area contributed by atoms with E-state index in [0.717, 1.165) is 16.5 Å². The number of pyridine rings is 2. The van der Waals surface area contributed by atoms with Crippen LogP contribution < -0.4 is 5.73 Å². The summed E-state index contributed by atoms with van der Waals surface area (Å²) in [5.41, 5.74) is 9.58. The lowest BCUT2D eigenvalue weighted by Gasteiger charge is -2.13. The number of rotatable bonds is 2. The predicted octanol–water partition coefficient (Wildman–Crippen LogP) is 3.67. The number of carbonyl (C=O) groups is 1. The lowest BCUT2D eigenvalue weighted by Crippen LogP contribution is -2.15. The Balaban J connectivity index is 2.28. The van der Waals surface area contributed by atoms with E-state index in [9.17, 15) is 4.79 Å². The molecule has 4 nitrogen and oxygen atoms in total. The van der Waals surface area contributed by atoms with E-state index in [-0.39, 0.29) is 0 Å². The molecule has 0 aliphatic rings. The number of primary amides is 1. The Kier molecular flexibility index (Phi) is 3.54. The summed E-state index contributed by atoms with van der Waals surface area (Å²) < 4.78 is 0. The molecule has 2 N–H and O–H groups in total. The Hall–Kier alpha value is -2.46. The number of halogens is 1. The van der Waals surface area contributed by atoms with Crippen LogP contribution in [0.2, 0.25) is 5.02 Å². The zero-order chi connectivity index (χ0) is 15.9. The molecule has 2 heterocycles. The molecule has 0 saturated carbocycles. The van der Waals surface area contributed by atoms with Gasteiger partial charge in [-0.15, -0.1) is 0 Å². The number of amides is 1. The maximum atomic E-state index is 11.7. The molecule has 5 heteroatoms. The van der Waals surface area contributed by atoms with E-state index in [0.29, 0.717) is 27.5 Å². The Morgan fingerprint density at radius 3 is 2.73 bits per heavy atom. The second kappa shape index (κ2) is 5.39. The van der Waals surface area contributed by atoms with Gasteiger partial charge in [-0.1, -0.05) is 23.7 Å². The number of aromatic nitrogens is 2. The predicted molar refractivity (Wildman–Crippen MR) is 88.0 cm³/mol. The molecule has 0 spiro atoms. The number of nitrogens with zero attached hydrogens (tertiary/aromatic N) is 2. The SMILES string of the molecule is Cc1nc(-c2ccc3ncccc3c2)c(C)c(C(N)=O)c1Cl. The van der Waals surface area contributed by atoms with Crippen molar-refractivity contribution in [1.82, 2.24) is 9.97 Å². The normalized spacial score (nSPS) is 10.9. The zero-order valence-electron chi connectivity index (χ0n) is 12.2. The number of carbonyl (C=O) groups excluding carboxylic acids is 1. The third-order valence-corrected chi connectivity index (χ3v) is 4.13. The molecular formula is C17H14ClN3O. The Labute approximate surface area is 133 Å². The van der Waals surface area contributed by atoms with Gasteiger partial charge in [-0.25, -0.2) is 0 Å². The van der Waals surface area contributed by atoms with Gasteiger partial charge in [0.1, 0.15) is 0 Å². The fraction of sp³-hybridized carbons (Fsp3) is 0.118. The summed E-state index contributed by atoms with van der Waals surface area (Å²) >= 11 is 6.17.